The molecule has 0 spiro atoms. The zero-order valence-electron chi connectivity index (χ0n) is 24.8. The van der Waals surface area contributed by atoms with Gasteiger partial charge < -0.3 is 18.8 Å². The molecule has 228 valence electrons. The Hall–Kier alpha value is -2.09. The molecule has 0 amide bonds. The van der Waals surface area contributed by atoms with Gasteiger partial charge in [-0.05, 0) is 83.7 Å². The maximum absolute atomic E-state index is 12.7. The Labute approximate surface area is 263 Å². The van der Waals surface area contributed by atoms with Crippen molar-refractivity contribution in [3.8, 4) is 5.75 Å². The van der Waals surface area contributed by atoms with Crippen LogP contribution in [0.4, 0.5) is 0 Å². The summed E-state index contributed by atoms with van der Waals surface area (Å²) in [6.07, 6.45) is 8.53. The van der Waals surface area contributed by atoms with Crippen LogP contribution in [0.1, 0.15) is 102 Å². The van der Waals surface area contributed by atoms with Crippen molar-refractivity contribution < 1.29 is 23.6 Å². The average molecular weight is 634 g/mol. The Kier molecular flexibility index (Phi) is 12.2. The monoisotopic (exact) mass is 632 g/mol. The molecule has 1 aromatic heterocycles. The molecular formula is C34H42Cl2O5S. The van der Waals surface area contributed by atoms with E-state index in [0.29, 0.717) is 18.9 Å². The van der Waals surface area contributed by atoms with Crippen molar-refractivity contribution in [1.82, 2.24) is 0 Å². The molecule has 3 aromatic rings. The van der Waals surface area contributed by atoms with E-state index in [4.69, 9.17) is 37.4 Å². The van der Waals surface area contributed by atoms with Gasteiger partial charge in [0.1, 0.15) is 15.0 Å². The van der Waals surface area contributed by atoms with E-state index in [9.17, 15) is 9.35 Å². The van der Waals surface area contributed by atoms with Crippen LogP contribution in [0.5, 0.6) is 5.75 Å². The summed E-state index contributed by atoms with van der Waals surface area (Å²) in [5.74, 6) is 0.636. The fourth-order valence-electron chi connectivity index (χ4n) is 6.03. The van der Waals surface area contributed by atoms with Gasteiger partial charge in [0.15, 0.2) is 0 Å². The molecule has 0 N–H and O–H groups in total. The van der Waals surface area contributed by atoms with Gasteiger partial charge in [-0.3, -0.25) is 0 Å². The smallest absolute Gasteiger partial charge is 0.391 e. The first kappa shape index (κ1) is 32.8. The summed E-state index contributed by atoms with van der Waals surface area (Å²) in [6.45, 7) is 2.75. The zero-order valence-corrected chi connectivity index (χ0v) is 27.1. The van der Waals surface area contributed by atoms with E-state index >= 15 is 0 Å². The fraction of sp³-hybridized carbons (Fsp3) is 0.500. The van der Waals surface area contributed by atoms with Crippen molar-refractivity contribution in [1.29, 1.82) is 0 Å². The van der Waals surface area contributed by atoms with Crippen LogP contribution in [0.3, 0.4) is 0 Å². The van der Waals surface area contributed by atoms with Crippen molar-refractivity contribution in [3.63, 3.8) is 0 Å². The van der Waals surface area contributed by atoms with Gasteiger partial charge in [0.2, 0.25) is 0 Å². The minimum atomic E-state index is -1.44. The maximum Gasteiger partial charge on any atom is 0.391 e. The number of alkyl halides is 2. The maximum atomic E-state index is 12.7. The van der Waals surface area contributed by atoms with Gasteiger partial charge >= 0.3 is 5.97 Å². The number of benzene rings is 2. The van der Waals surface area contributed by atoms with Crippen LogP contribution in [-0.2, 0) is 22.5 Å². The Morgan fingerprint density at radius 3 is 2.43 bits per heavy atom. The molecule has 0 bridgehead atoms. The lowest BCUT2D eigenvalue weighted by Gasteiger charge is -2.28. The summed E-state index contributed by atoms with van der Waals surface area (Å²) >= 11 is 13.8. The number of carbonyl (C=O) groups is 1. The van der Waals surface area contributed by atoms with Crippen LogP contribution >= 0.6 is 34.0 Å². The van der Waals surface area contributed by atoms with Gasteiger partial charge in [0.05, 0.1) is 26.9 Å². The number of aryl methyl sites for hydroxylation is 1. The number of unbranched alkanes of at least 4 members (excludes halogenated alkanes) is 2. The molecule has 0 aliphatic heterocycles. The van der Waals surface area contributed by atoms with Crippen LogP contribution in [0.2, 0.25) is 0 Å². The minimum Gasteiger partial charge on any atom is -0.590 e. The molecule has 1 saturated carbocycles. The molecule has 1 fully saturated rings. The average Bonchev–Trinajstić information content (AvgIpc) is 3.52. The van der Waals surface area contributed by atoms with Gasteiger partial charge in [-0.25, -0.2) is 4.79 Å². The highest BCUT2D eigenvalue weighted by molar-refractivity contribution is 7.27. The predicted molar refractivity (Wildman–Crippen MR) is 170 cm³/mol. The van der Waals surface area contributed by atoms with Gasteiger partial charge in [0.25, 0.3) is 4.88 Å². The molecule has 2 unspecified atom stereocenters. The second-order valence-electron chi connectivity index (χ2n) is 11.2. The third-order valence-electron chi connectivity index (χ3n) is 8.37. The second-order valence-corrected chi connectivity index (χ2v) is 14.2. The van der Waals surface area contributed by atoms with E-state index < -0.39 is 21.1 Å². The lowest BCUT2D eigenvalue weighted by atomic mass is 9.84. The lowest BCUT2D eigenvalue weighted by Crippen LogP contribution is -2.21. The van der Waals surface area contributed by atoms with Crippen LogP contribution < -0.4 is 4.74 Å². The van der Waals surface area contributed by atoms with Gasteiger partial charge in [-0.15, -0.1) is 23.2 Å². The zero-order chi connectivity index (χ0) is 30.1. The molecule has 42 heavy (non-hydrogen) atoms. The normalized spacial score (nSPS) is 19.0. The third kappa shape index (κ3) is 8.29. The first-order valence-electron chi connectivity index (χ1n) is 14.9. The van der Waals surface area contributed by atoms with E-state index in [1.807, 2.05) is 24.3 Å². The number of methoxy groups -OCH3 is 2. The van der Waals surface area contributed by atoms with Crippen molar-refractivity contribution in [2.24, 2.45) is 5.92 Å². The minimum absolute atomic E-state index is 0.00730. The number of esters is 1. The number of ether oxygens (including phenoxy) is 3. The molecule has 4 atom stereocenters. The largest absolute Gasteiger partial charge is 0.590 e. The van der Waals surface area contributed by atoms with Gasteiger partial charge in [-0.2, -0.15) is 0 Å². The lowest BCUT2D eigenvalue weighted by molar-refractivity contribution is 0.0321. The quantitative estimate of drug-likeness (QED) is 0.0722. The Balaban J connectivity index is 1.42. The molecule has 5 nitrogen and oxygen atoms in total. The predicted octanol–water partition coefficient (Wildman–Crippen LogP) is 9.74. The van der Waals surface area contributed by atoms with Crippen molar-refractivity contribution in [2.45, 2.75) is 87.7 Å². The highest BCUT2D eigenvalue weighted by atomic mass is 35.5. The van der Waals surface area contributed by atoms with Crippen molar-refractivity contribution >= 4 is 39.9 Å². The van der Waals surface area contributed by atoms with E-state index in [2.05, 4.69) is 31.2 Å². The van der Waals surface area contributed by atoms with Gasteiger partial charge in [0, 0.05) is 18.4 Å². The summed E-state index contributed by atoms with van der Waals surface area (Å²) in [7, 11) is 1.53. The summed E-state index contributed by atoms with van der Waals surface area (Å²) in [5.41, 5.74) is 3.43. The number of halogens is 2. The summed E-state index contributed by atoms with van der Waals surface area (Å²) in [6, 6.07) is 20.1. The highest BCUT2D eigenvalue weighted by Gasteiger charge is 2.46. The molecule has 0 saturated heterocycles. The number of hydrogen-bond donors (Lipinski definition) is 0. The SMILES string of the molecule is CCCCCC(OCc1ccc(OC)cc1)c1ccc([C@@H]2[C@@H](CCCc3ccc(C(=O)OC)[s+]3[O-])CCC2(Cl)Cl)cc1. The molecular weight excluding hydrogens is 591 g/mol. The van der Waals surface area contributed by atoms with Crippen molar-refractivity contribution in [2.75, 3.05) is 14.2 Å². The second kappa shape index (κ2) is 15.6. The van der Waals surface area contributed by atoms with Crippen LogP contribution in [0.25, 0.3) is 0 Å². The van der Waals surface area contributed by atoms with Gasteiger partial charge in [-0.1, -0.05) is 62.6 Å². The molecule has 2 aromatic carbocycles. The number of rotatable bonds is 15. The van der Waals surface area contributed by atoms with Crippen molar-refractivity contribution in [3.05, 3.63) is 87.1 Å². The van der Waals surface area contributed by atoms with Crippen LogP contribution in [0.15, 0.2) is 60.7 Å². The summed E-state index contributed by atoms with van der Waals surface area (Å²) in [4.78, 5) is 12.8. The molecule has 8 heteroatoms. The third-order valence-corrected chi connectivity index (χ3v) is 10.7. The number of carbonyl (C=O) groups excluding carboxylic acids is 1. The van der Waals surface area contributed by atoms with E-state index in [1.54, 1.807) is 19.2 Å². The molecule has 0 radical (unpaired) electrons. The van der Waals surface area contributed by atoms with E-state index in [-0.39, 0.29) is 16.9 Å². The Bertz CT molecular complexity index is 1270. The number of thiophene rings is 1. The topological polar surface area (TPSA) is 67.8 Å². The van der Waals surface area contributed by atoms with E-state index in [0.717, 1.165) is 72.3 Å². The first-order chi connectivity index (χ1) is 20.3. The number of hydrogen-bond acceptors (Lipinski definition) is 5. The highest BCUT2D eigenvalue weighted by Crippen LogP contribution is 2.55. The standard InChI is InChI=1S/C34H42Cl2O5S/c1-4-5-6-10-30(41-23-24-11-17-28(39-2)18-12-24)25-13-15-27(16-14-25)32-26(21-22-34(32,35)36)8-7-9-29-19-20-31(42(29)38)33(37)40-3/h11-20,26,30,32H,4-10,21-23H2,1-3H3/t26-,30?,32-,42?/m0/s1. The molecule has 4 rings (SSSR count). The molecule has 1 aliphatic rings. The molecule has 1 aliphatic carbocycles. The van der Waals surface area contributed by atoms with Crippen LogP contribution in [-0.4, -0.2) is 29.1 Å². The molecule has 1 heterocycles. The summed E-state index contributed by atoms with van der Waals surface area (Å²) < 4.78 is 28.3. The Morgan fingerprint density at radius 1 is 1.02 bits per heavy atom. The Morgan fingerprint density at radius 2 is 1.76 bits per heavy atom. The first-order valence-corrected chi connectivity index (χ1v) is 16.8. The fourth-order valence-corrected chi connectivity index (χ4v) is 8.08. The summed E-state index contributed by atoms with van der Waals surface area (Å²) in [5, 5.41) is 0. The van der Waals surface area contributed by atoms with Crippen LogP contribution in [0, 0.1) is 5.92 Å². The van der Waals surface area contributed by atoms with E-state index in [1.165, 1.54) is 13.5 Å².